The molecule has 0 fully saturated rings. The highest BCUT2D eigenvalue weighted by atomic mass is 16.4. The highest BCUT2D eigenvalue weighted by molar-refractivity contribution is 5.87. The van der Waals surface area contributed by atoms with Crippen LogP contribution in [0.4, 0.5) is 0 Å². The number of carboxylic acids is 1. The summed E-state index contributed by atoms with van der Waals surface area (Å²) >= 11 is 0. The molecule has 4 heteroatoms. The Balaban J connectivity index is 1.82. The van der Waals surface area contributed by atoms with E-state index in [0.29, 0.717) is 13.0 Å². The predicted molar refractivity (Wildman–Crippen MR) is 89.5 cm³/mol. The smallest absolute Gasteiger partial charge is 0.335 e. The van der Waals surface area contributed by atoms with E-state index in [0.717, 1.165) is 12.0 Å². The van der Waals surface area contributed by atoms with Crippen LogP contribution < -0.4 is 5.32 Å². The lowest BCUT2D eigenvalue weighted by Gasteiger charge is -2.08. The van der Waals surface area contributed by atoms with Gasteiger partial charge >= 0.3 is 5.97 Å². The number of amides is 1. The van der Waals surface area contributed by atoms with Gasteiger partial charge in [0.2, 0.25) is 5.91 Å². The Bertz CT molecular complexity index is 705. The molecule has 2 aromatic carbocycles. The van der Waals surface area contributed by atoms with Gasteiger partial charge in [0.05, 0.1) is 5.56 Å². The molecule has 0 aliphatic carbocycles. The number of aromatic carboxylic acids is 1. The number of carboxylic acid groups (broad SMARTS) is 1. The van der Waals surface area contributed by atoms with Crippen LogP contribution in [0.15, 0.2) is 42.5 Å². The monoisotopic (exact) mass is 311 g/mol. The molecule has 2 aromatic rings. The Morgan fingerprint density at radius 1 is 1.04 bits per heavy atom. The fourth-order valence-electron chi connectivity index (χ4n) is 2.43. The van der Waals surface area contributed by atoms with Crippen molar-refractivity contribution in [2.24, 2.45) is 0 Å². The van der Waals surface area contributed by atoms with Gasteiger partial charge in [0, 0.05) is 13.0 Å². The van der Waals surface area contributed by atoms with Gasteiger partial charge in [-0.05, 0) is 49.1 Å². The fraction of sp³-hybridized carbons (Fsp3) is 0.263. The lowest BCUT2D eigenvalue weighted by molar-refractivity contribution is -0.121. The van der Waals surface area contributed by atoms with E-state index >= 15 is 0 Å². The maximum atomic E-state index is 11.9. The van der Waals surface area contributed by atoms with Crippen molar-refractivity contribution in [2.45, 2.75) is 33.2 Å². The fourth-order valence-corrected chi connectivity index (χ4v) is 2.43. The van der Waals surface area contributed by atoms with Gasteiger partial charge in [-0.2, -0.15) is 0 Å². The summed E-state index contributed by atoms with van der Waals surface area (Å²) in [6.45, 7) is 4.52. The Kier molecular flexibility index (Phi) is 5.52. The van der Waals surface area contributed by atoms with Crippen molar-refractivity contribution in [3.8, 4) is 0 Å². The number of carbonyl (C=O) groups excluding carboxylic acids is 1. The molecule has 0 saturated carbocycles. The van der Waals surface area contributed by atoms with Gasteiger partial charge in [0.15, 0.2) is 0 Å². The molecule has 4 nitrogen and oxygen atoms in total. The highest BCUT2D eigenvalue weighted by Gasteiger charge is 2.06. The lowest BCUT2D eigenvalue weighted by Crippen LogP contribution is -2.23. The number of benzene rings is 2. The zero-order valence-corrected chi connectivity index (χ0v) is 13.4. The average molecular weight is 311 g/mol. The summed E-state index contributed by atoms with van der Waals surface area (Å²) in [5.74, 6) is -0.957. The van der Waals surface area contributed by atoms with Gasteiger partial charge in [0.1, 0.15) is 0 Å². The highest BCUT2D eigenvalue weighted by Crippen LogP contribution is 2.12. The van der Waals surface area contributed by atoms with Crippen LogP contribution in [-0.4, -0.2) is 17.0 Å². The molecule has 0 atom stereocenters. The van der Waals surface area contributed by atoms with Crippen molar-refractivity contribution >= 4 is 11.9 Å². The van der Waals surface area contributed by atoms with E-state index in [1.165, 1.54) is 16.7 Å². The molecule has 1 amide bonds. The molecule has 0 spiro atoms. The van der Waals surface area contributed by atoms with E-state index in [-0.39, 0.29) is 11.5 Å². The molecule has 0 aromatic heterocycles. The van der Waals surface area contributed by atoms with Crippen LogP contribution in [0.2, 0.25) is 0 Å². The first-order valence-electron chi connectivity index (χ1n) is 7.61. The largest absolute Gasteiger partial charge is 0.478 e. The second-order valence-corrected chi connectivity index (χ2v) is 5.71. The minimum atomic E-state index is -0.950. The number of carbonyl (C=O) groups is 2. The molecule has 0 bridgehead atoms. The standard InChI is InChI=1S/C19H21NO3/c1-13-3-6-16(14(2)11-13)9-10-18(21)20-12-15-4-7-17(8-5-15)19(22)23/h3-8,11H,9-10,12H2,1-2H3,(H,20,21)(H,22,23). The molecule has 0 aliphatic heterocycles. The van der Waals surface area contributed by atoms with E-state index in [9.17, 15) is 9.59 Å². The quantitative estimate of drug-likeness (QED) is 0.860. The summed E-state index contributed by atoms with van der Waals surface area (Å²) in [5, 5.41) is 11.7. The molecule has 0 radical (unpaired) electrons. The number of hydrogen-bond acceptors (Lipinski definition) is 2. The molecule has 23 heavy (non-hydrogen) atoms. The maximum Gasteiger partial charge on any atom is 0.335 e. The Hall–Kier alpha value is -2.62. The van der Waals surface area contributed by atoms with Crippen molar-refractivity contribution in [1.29, 1.82) is 0 Å². The summed E-state index contributed by atoms with van der Waals surface area (Å²) in [6.07, 6.45) is 1.16. The van der Waals surface area contributed by atoms with E-state index in [1.54, 1.807) is 24.3 Å². The molecule has 120 valence electrons. The number of hydrogen-bond donors (Lipinski definition) is 2. The van der Waals surface area contributed by atoms with Gasteiger partial charge in [0.25, 0.3) is 0 Å². The second kappa shape index (κ2) is 7.58. The maximum absolute atomic E-state index is 11.9. The van der Waals surface area contributed by atoms with Gasteiger partial charge in [-0.15, -0.1) is 0 Å². The lowest BCUT2D eigenvalue weighted by atomic mass is 10.0. The summed E-state index contributed by atoms with van der Waals surface area (Å²) < 4.78 is 0. The Morgan fingerprint density at radius 3 is 2.35 bits per heavy atom. The van der Waals surface area contributed by atoms with Gasteiger partial charge in [-0.25, -0.2) is 4.79 Å². The number of nitrogens with one attached hydrogen (secondary N) is 1. The Labute approximate surface area is 136 Å². The van der Waals surface area contributed by atoms with Crippen molar-refractivity contribution < 1.29 is 14.7 Å². The third-order valence-corrected chi connectivity index (χ3v) is 3.81. The first-order chi connectivity index (χ1) is 11.0. The number of rotatable bonds is 6. The first kappa shape index (κ1) is 16.7. The molecule has 2 N–H and O–H groups in total. The van der Waals surface area contributed by atoms with Gasteiger partial charge in [-0.1, -0.05) is 35.9 Å². The SMILES string of the molecule is Cc1ccc(CCC(=O)NCc2ccc(C(=O)O)cc2)c(C)c1. The Morgan fingerprint density at radius 2 is 1.74 bits per heavy atom. The third kappa shape index (κ3) is 4.95. The number of aryl methyl sites for hydroxylation is 3. The van der Waals surface area contributed by atoms with E-state index in [2.05, 4.69) is 37.4 Å². The second-order valence-electron chi connectivity index (χ2n) is 5.71. The van der Waals surface area contributed by atoms with Crippen molar-refractivity contribution in [2.75, 3.05) is 0 Å². The van der Waals surface area contributed by atoms with Crippen molar-refractivity contribution in [3.05, 3.63) is 70.3 Å². The van der Waals surface area contributed by atoms with Gasteiger partial charge < -0.3 is 10.4 Å². The predicted octanol–water partition coefficient (Wildman–Crippen LogP) is 3.25. The van der Waals surface area contributed by atoms with Crippen LogP contribution >= 0.6 is 0 Å². The third-order valence-electron chi connectivity index (χ3n) is 3.81. The summed E-state index contributed by atoms with van der Waals surface area (Å²) in [5.41, 5.74) is 4.75. The summed E-state index contributed by atoms with van der Waals surface area (Å²) in [7, 11) is 0. The van der Waals surface area contributed by atoms with Crippen LogP contribution in [0.5, 0.6) is 0 Å². The van der Waals surface area contributed by atoms with Crippen LogP contribution in [-0.2, 0) is 17.8 Å². The van der Waals surface area contributed by atoms with Crippen LogP contribution in [0.25, 0.3) is 0 Å². The minimum Gasteiger partial charge on any atom is -0.478 e. The van der Waals surface area contributed by atoms with Crippen LogP contribution in [0, 0.1) is 13.8 Å². The molecule has 0 heterocycles. The molecule has 2 rings (SSSR count). The molecular formula is C19H21NO3. The normalized spacial score (nSPS) is 10.3. The summed E-state index contributed by atoms with van der Waals surface area (Å²) in [6, 6.07) is 12.8. The zero-order valence-electron chi connectivity index (χ0n) is 13.4. The summed E-state index contributed by atoms with van der Waals surface area (Å²) in [4.78, 5) is 22.7. The van der Waals surface area contributed by atoms with E-state index in [4.69, 9.17) is 5.11 Å². The van der Waals surface area contributed by atoms with E-state index in [1.807, 2.05) is 0 Å². The molecule has 0 saturated heterocycles. The van der Waals surface area contributed by atoms with E-state index < -0.39 is 5.97 Å². The first-order valence-corrected chi connectivity index (χ1v) is 7.61. The zero-order chi connectivity index (χ0) is 16.8. The van der Waals surface area contributed by atoms with Crippen molar-refractivity contribution in [3.63, 3.8) is 0 Å². The minimum absolute atomic E-state index is 0.00714. The van der Waals surface area contributed by atoms with Gasteiger partial charge in [-0.3, -0.25) is 4.79 Å². The average Bonchev–Trinajstić information content (AvgIpc) is 2.52. The van der Waals surface area contributed by atoms with Crippen LogP contribution in [0.3, 0.4) is 0 Å². The van der Waals surface area contributed by atoms with Crippen molar-refractivity contribution in [1.82, 2.24) is 5.32 Å². The molecular weight excluding hydrogens is 290 g/mol. The molecule has 0 unspecified atom stereocenters. The molecule has 0 aliphatic rings. The topological polar surface area (TPSA) is 66.4 Å². The van der Waals surface area contributed by atoms with Crippen LogP contribution in [0.1, 0.15) is 39.0 Å².